The standard InChI is InChI=1S/C21H28F5N3O/c1-11-19(12-3-5-13(6-4-12)21(24,25)26)20-28(2)17(10-18(30)29(20)27-11)15-8-7-14(22)9-16(15)23/h10-14,19-20,27H,3-9H2,1-2H3. The number of nitrogens with one attached hydrogen (secondary N) is 1. The molecule has 0 spiro atoms. The number of alkyl halides is 4. The quantitative estimate of drug-likeness (QED) is 0.647. The van der Waals surface area contributed by atoms with Crippen LogP contribution in [0, 0.1) is 17.8 Å². The number of allylic oxidation sites excluding steroid dienone is 2. The van der Waals surface area contributed by atoms with E-state index in [2.05, 4.69) is 5.43 Å². The van der Waals surface area contributed by atoms with Crippen molar-refractivity contribution < 1.29 is 26.7 Å². The summed E-state index contributed by atoms with van der Waals surface area (Å²) in [7, 11) is 1.78. The fourth-order valence-corrected chi connectivity index (χ4v) is 5.77. The summed E-state index contributed by atoms with van der Waals surface area (Å²) >= 11 is 0. The average Bonchev–Trinajstić information content (AvgIpc) is 3.02. The van der Waals surface area contributed by atoms with Gasteiger partial charge in [-0.1, -0.05) is 0 Å². The van der Waals surface area contributed by atoms with Crippen LogP contribution in [-0.4, -0.2) is 47.4 Å². The van der Waals surface area contributed by atoms with E-state index < -0.39 is 30.3 Å². The lowest BCUT2D eigenvalue weighted by Crippen LogP contribution is -2.55. The summed E-state index contributed by atoms with van der Waals surface area (Å²) in [5, 5.41) is 1.52. The Balaban J connectivity index is 1.57. The van der Waals surface area contributed by atoms with E-state index in [4.69, 9.17) is 0 Å². The first-order valence-corrected chi connectivity index (χ1v) is 10.7. The molecule has 9 heteroatoms. The molecule has 0 aromatic heterocycles. The third-order valence-corrected chi connectivity index (χ3v) is 7.33. The van der Waals surface area contributed by atoms with Crippen LogP contribution in [0.2, 0.25) is 0 Å². The van der Waals surface area contributed by atoms with Crippen molar-refractivity contribution in [2.24, 2.45) is 17.8 Å². The lowest BCUT2D eigenvalue weighted by Gasteiger charge is -2.44. The molecule has 4 unspecified atom stereocenters. The first kappa shape index (κ1) is 21.6. The summed E-state index contributed by atoms with van der Waals surface area (Å²) in [5.41, 5.74) is 4.01. The number of fused-ring (bicyclic) bond motifs is 1. The van der Waals surface area contributed by atoms with Crippen LogP contribution in [-0.2, 0) is 4.79 Å². The largest absolute Gasteiger partial charge is 0.391 e. The van der Waals surface area contributed by atoms with Crippen molar-refractivity contribution in [2.45, 2.75) is 76.4 Å². The van der Waals surface area contributed by atoms with Crippen LogP contribution in [0.4, 0.5) is 22.0 Å². The van der Waals surface area contributed by atoms with Gasteiger partial charge in [-0.2, -0.15) is 13.2 Å². The minimum atomic E-state index is -4.16. The lowest BCUT2D eigenvalue weighted by atomic mass is 9.72. The Hall–Kier alpha value is -1.64. The van der Waals surface area contributed by atoms with Gasteiger partial charge in [-0.15, -0.1) is 0 Å². The number of rotatable bonds is 2. The summed E-state index contributed by atoms with van der Waals surface area (Å²) in [6.07, 6.45) is -3.12. The number of halogens is 5. The molecule has 0 aromatic carbocycles. The van der Waals surface area contributed by atoms with Gasteiger partial charge in [0.15, 0.2) is 0 Å². The summed E-state index contributed by atoms with van der Waals surface area (Å²) in [5.74, 6) is -2.11. The number of amides is 1. The molecule has 4 nitrogen and oxygen atoms in total. The fourth-order valence-electron chi connectivity index (χ4n) is 5.77. The molecule has 0 radical (unpaired) electrons. The van der Waals surface area contributed by atoms with Gasteiger partial charge in [0.05, 0.1) is 5.92 Å². The maximum Gasteiger partial charge on any atom is 0.391 e. The van der Waals surface area contributed by atoms with Crippen LogP contribution >= 0.6 is 0 Å². The Kier molecular flexibility index (Phi) is 5.61. The fraction of sp³-hybridized carbons (Fsp3) is 0.762. The molecule has 30 heavy (non-hydrogen) atoms. The molecular formula is C21H28F5N3O. The zero-order valence-corrected chi connectivity index (χ0v) is 17.2. The van der Waals surface area contributed by atoms with E-state index in [1.54, 1.807) is 7.05 Å². The van der Waals surface area contributed by atoms with E-state index in [1.807, 2.05) is 11.8 Å². The topological polar surface area (TPSA) is 35.6 Å². The van der Waals surface area contributed by atoms with E-state index in [0.29, 0.717) is 24.1 Å². The van der Waals surface area contributed by atoms with Crippen LogP contribution in [0.1, 0.15) is 51.9 Å². The highest BCUT2D eigenvalue weighted by atomic mass is 19.4. The SMILES string of the molecule is CC1NN2C(=O)C=C(C3=C(F)CC(F)CC3)N(C)C2C1C1CCC(C(F)(F)F)CC1. The highest BCUT2D eigenvalue weighted by Gasteiger charge is 2.52. The first-order valence-electron chi connectivity index (χ1n) is 10.7. The van der Waals surface area contributed by atoms with Gasteiger partial charge in [-0.3, -0.25) is 9.80 Å². The van der Waals surface area contributed by atoms with Crippen LogP contribution in [0.5, 0.6) is 0 Å². The van der Waals surface area contributed by atoms with Gasteiger partial charge in [0, 0.05) is 42.8 Å². The Labute approximate surface area is 173 Å². The third-order valence-electron chi connectivity index (χ3n) is 7.33. The minimum absolute atomic E-state index is 0.0381. The molecule has 2 heterocycles. The molecule has 168 valence electrons. The summed E-state index contributed by atoms with van der Waals surface area (Å²) in [6, 6.07) is -0.0954. The van der Waals surface area contributed by atoms with Crippen molar-refractivity contribution in [3.05, 3.63) is 23.2 Å². The second kappa shape index (κ2) is 7.80. The predicted molar refractivity (Wildman–Crippen MR) is 101 cm³/mol. The Morgan fingerprint density at radius 3 is 2.40 bits per heavy atom. The lowest BCUT2D eigenvalue weighted by molar-refractivity contribution is -0.185. The molecule has 0 bridgehead atoms. The van der Waals surface area contributed by atoms with Gasteiger partial charge >= 0.3 is 6.18 Å². The van der Waals surface area contributed by atoms with E-state index in [0.717, 1.165) is 0 Å². The average molecular weight is 433 g/mol. The molecule has 1 N–H and O–H groups in total. The molecule has 2 fully saturated rings. The molecule has 1 amide bonds. The summed E-state index contributed by atoms with van der Waals surface area (Å²) in [4.78, 5) is 14.6. The van der Waals surface area contributed by atoms with Gasteiger partial charge in [-0.05, 0) is 51.4 Å². The van der Waals surface area contributed by atoms with Crippen molar-refractivity contribution in [1.29, 1.82) is 0 Å². The number of hydrogen-bond acceptors (Lipinski definition) is 3. The van der Waals surface area contributed by atoms with Gasteiger partial charge < -0.3 is 4.90 Å². The monoisotopic (exact) mass is 433 g/mol. The molecule has 4 aliphatic rings. The Morgan fingerprint density at radius 1 is 1.13 bits per heavy atom. The Morgan fingerprint density at radius 2 is 1.80 bits per heavy atom. The van der Waals surface area contributed by atoms with Crippen LogP contribution in [0.3, 0.4) is 0 Å². The number of likely N-dealkylation sites (N-methyl/N-ethyl adjacent to an activating group) is 1. The third kappa shape index (κ3) is 3.74. The molecular weight excluding hydrogens is 405 g/mol. The van der Waals surface area contributed by atoms with Gasteiger partial charge in [-0.25, -0.2) is 14.2 Å². The molecule has 1 saturated heterocycles. The molecule has 1 saturated carbocycles. The Bertz CT molecular complexity index is 756. The number of nitrogens with zero attached hydrogens (tertiary/aromatic N) is 2. The van der Waals surface area contributed by atoms with Gasteiger partial charge in [0.1, 0.15) is 18.2 Å². The second-order valence-corrected chi connectivity index (χ2v) is 9.13. The molecule has 4 rings (SSSR count). The van der Waals surface area contributed by atoms with E-state index in [-0.39, 0.29) is 55.9 Å². The number of carbonyl (C=O) groups excluding carboxylic acids is 1. The molecule has 0 aromatic rings. The highest BCUT2D eigenvalue weighted by molar-refractivity contribution is 5.90. The maximum atomic E-state index is 14.5. The van der Waals surface area contributed by atoms with E-state index >= 15 is 0 Å². The summed E-state index contributed by atoms with van der Waals surface area (Å²) < 4.78 is 67.3. The zero-order chi connectivity index (χ0) is 21.8. The predicted octanol–water partition coefficient (Wildman–Crippen LogP) is 4.61. The smallest absolute Gasteiger partial charge is 0.352 e. The number of hydrogen-bond donors (Lipinski definition) is 1. The van der Waals surface area contributed by atoms with Crippen LogP contribution < -0.4 is 5.43 Å². The molecule has 2 aliphatic heterocycles. The molecule has 4 atom stereocenters. The van der Waals surface area contributed by atoms with Crippen molar-refractivity contribution in [3.63, 3.8) is 0 Å². The van der Waals surface area contributed by atoms with Crippen molar-refractivity contribution in [2.75, 3.05) is 7.05 Å². The first-order chi connectivity index (χ1) is 14.1. The normalized spacial score (nSPS) is 38.1. The van der Waals surface area contributed by atoms with Gasteiger partial charge in [0.2, 0.25) is 0 Å². The number of hydrazine groups is 1. The van der Waals surface area contributed by atoms with Crippen molar-refractivity contribution >= 4 is 5.91 Å². The van der Waals surface area contributed by atoms with E-state index in [1.165, 1.54) is 11.1 Å². The summed E-state index contributed by atoms with van der Waals surface area (Å²) in [6.45, 7) is 1.94. The highest BCUT2D eigenvalue weighted by Crippen LogP contribution is 2.47. The number of carbonyl (C=O) groups is 1. The van der Waals surface area contributed by atoms with Crippen LogP contribution in [0.15, 0.2) is 23.2 Å². The van der Waals surface area contributed by atoms with Crippen molar-refractivity contribution in [1.82, 2.24) is 15.3 Å². The van der Waals surface area contributed by atoms with Crippen molar-refractivity contribution in [3.8, 4) is 0 Å². The zero-order valence-electron chi connectivity index (χ0n) is 17.2. The van der Waals surface area contributed by atoms with E-state index in [9.17, 15) is 26.7 Å². The van der Waals surface area contributed by atoms with Crippen LogP contribution in [0.25, 0.3) is 0 Å². The maximum absolute atomic E-state index is 14.5. The molecule has 2 aliphatic carbocycles. The minimum Gasteiger partial charge on any atom is -0.352 e. The second-order valence-electron chi connectivity index (χ2n) is 9.13. The van der Waals surface area contributed by atoms with Gasteiger partial charge in [0.25, 0.3) is 5.91 Å².